The number of nitrogens with zero attached hydrogens (tertiary/aromatic N) is 1. The summed E-state index contributed by atoms with van der Waals surface area (Å²) in [5.74, 6) is 0.586. The van der Waals surface area contributed by atoms with E-state index in [0.717, 1.165) is 5.75 Å². The van der Waals surface area contributed by atoms with Crippen LogP contribution in [0.5, 0.6) is 5.75 Å². The SMILES string of the molecule is CC(C)c1ccc(OCCCC(C#N)c2ccccc2F)cc1. The zero-order chi connectivity index (χ0) is 16.7. The van der Waals surface area contributed by atoms with Crippen molar-refractivity contribution in [3.63, 3.8) is 0 Å². The van der Waals surface area contributed by atoms with Crippen molar-refractivity contribution < 1.29 is 9.13 Å². The van der Waals surface area contributed by atoms with Gasteiger partial charge in [0, 0.05) is 5.56 Å². The van der Waals surface area contributed by atoms with E-state index in [2.05, 4.69) is 32.0 Å². The van der Waals surface area contributed by atoms with E-state index in [4.69, 9.17) is 4.74 Å². The Kier molecular flexibility index (Phi) is 6.17. The molecule has 23 heavy (non-hydrogen) atoms. The Balaban J connectivity index is 1.82. The highest BCUT2D eigenvalue weighted by molar-refractivity contribution is 5.29. The molecule has 0 saturated heterocycles. The van der Waals surface area contributed by atoms with Gasteiger partial charge in [0.2, 0.25) is 0 Å². The van der Waals surface area contributed by atoms with Gasteiger partial charge in [-0.05, 0) is 42.5 Å². The smallest absolute Gasteiger partial charge is 0.127 e. The Hall–Kier alpha value is -2.34. The van der Waals surface area contributed by atoms with Crippen molar-refractivity contribution in [2.75, 3.05) is 6.61 Å². The Morgan fingerprint density at radius 3 is 2.39 bits per heavy atom. The quantitative estimate of drug-likeness (QED) is 0.640. The van der Waals surface area contributed by atoms with Gasteiger partial charge in [0.25, 0.3) is 0 Å². The molecule has 0 bridgehead atoms. The van der Waals surface area contributed by atoms with Gasteiger partial charge >= 0.3 is 0 Å². The van der Waals surface area contributed by atoms with Gasteiger partial charge in [0.15, 0.2) is 0 Å². The standard InChI is InChI=1S/C20H22FNO/c1-15(2)16-9-11-18(12-10-16)23-13-5-6-17(14-22)19-7-3-4-8-20(19)21/h3-4,7-12,15,17H,5-6,13H2,1-2H3. The van der Waals surface area contributed by atoms with E-state index >= 15 is 0 Å². The molecule has 1 unspecified atom stereocenters. The lowest BCUT2D eigenvalue weighted by Gasteiger charge is -2.12. The third kappa shape index (κ3) is 4.82. The van der Waals surface area contributed by atoms with E-state index in [-0.39, 0.29) is 5.82 Å². The van der Waals surface area contributed by atoms with E-state index in [9.17, 15) is 9.65 Å². The van der Waals surface area contributed by atoms with Crippen LogP contribution in [0.4, 0.5) is 4.39 Å². The molecule has 0 heterocycles. The molecular formula is C20H22FNO. The zero-order valence-electron chi connectivity index (χ0n) is 13.6. The normalized spacial score (nSPS) is 12.0. The Morgan fingerprint density at radius 2 is 1.78 bits per heavy atom. The van der Waals surface area contributed by atoms with Gasteiger partial charge in [-0.2, -0.15) is 5.26 Å². The van der Waals surface area contributed by atoms with Crippen LogP contribution in [-0.4, -0.2) is 6.61 Å². The molecule has 0 saturated carbocycles. The first-order valence-electron chi connectivity index (χ1n) is 7.98. The summed E-state index contributed by atoms with van der Waals surface area (Å²) < 4.78 is 19.4. The predicted molar refractivity (Wildman–Crippen MR) is 90.0 cm³/mol. The average Bonchev–Trinajstić information content (AvgIpc) is 2.56. The zero-order valence-corrected chi connectivity index (χ0v) is 13.6. The van der Waals surface area contributed by atoms with Crippen molar-refractivity contribution in [3.05, 3.63) is 65.5 Å². The lowest BCUT2D eigenvalue weighted by atomic mass is 9.95. The van der Waals surface area contributed by atoms with Crippen LogP contribution in [0.1, 0.15) is 49.7 Å². The summed E-state index contributed by atoms with van der Waals surface area (Å²) in [7, 11) is 0. The molecule has 2 rings (SSSR count). The van der Waals surface area contributed by atoms with Gasteiger partial charge in [0.05, 0.1) is 18.6 Å². The van der Waals surface area contributed by atoms with Crippen LogP contribution in [-0.2, 0) is 0 Å². The Bertz CT molecular complexity index is 658. The maximum atomic E-state index is 13.7. The monoisotopic (exact) mass is 311 g/mol. The molecule has 0 aliphatic heterocycles. The van der Waals surface area contributed by atoms with E-state index < -0.39 is 5.92 Å². The third-order valence-corrected chi connectivity index (χ3v) is 3.89. The Morgan fingerprint density at radius 1 is 1.09 bits per heavy atom. The summed E-state index contributed by atoms with van der Waals surface area (Å²) in [5.41, 5.74) is 1.75. The van der Waals surface area contributed by atoms with Gasteiger partial charge in [-0.1, -0.05) is 44.2 Å². The second-order valence-electron chi connectivity index (χ2n) is 5.92. The minimum Gasteiger partial charge on any atom is -0.494 e. The molecule has 2 aromatic carbocycles. The lowest BCUT2D eigenvalue weighted by Crippen LogP contribution is -2.03. The molecule has 0 N–H and O–H groups in total. The molecule has 0 aromatic heterocycles. The number of hydrogen-bond acceptors (Lipinski definition) is 2. The summed E-state index contributed by atoms with van der Waals surface area (Å²) in [6, 6.07) is 16.7. The first-order chi connectivity index (χ1) is 11.1. The van der Waals surface area contributed by atoms with E-state index in [1.165, 1.54) is 11.6 Å². The van der Waals surface area contributed by atoms with Crippen LogP contribution < -0.4 is 4.74 Å². The maximum Gasteiger partial charge on any atom is 0.127 e. The van der Waals surface area contributed by atoms with Crippen molar-refractivity contribution in [1.29, 1.82) is 5.26 Å². The summed E-state index contributed by atoms with van der Waals surface area (Å²) in [6.07, 6.45) is 1.29. The molecule has 0 fully saturated rings. The van der Waals surface area contributed by atoms with Crippen molar-refractivity contribution in [3.8, 4) is 11.8 Å². The first kappa shape index (κ1) is 17.0. The summed E-state index contributed by atoms with van der Waals surface area (Å²) in [6.45, 7) is 4.83. The van der Waals surface area contributed by atoms with Crippen LogP contribution in [0.3, 0.4) is 0 Å². The highest BCUT2D eigenvalue weighted by atomic mass is 19.1. The molecule has 120 valence electrons. The van der Waals surface area contributed by atoms with Crippen LogP contribution in [0.15, 0.2) is 48.5 Å². The van der Waals surface area contributed by atoms with Crippen LogP contribution in [0, 0.1) is 17.1 Å². The van der Waals surface area contributed by atoms with Crippen LogP contribution in [0.2, 0.25) is 0 Å². The van der Waals surface area contributed by atoms with Crippen molar-refractivity contribution >= 4 is 0 Å². The average molecular weight is 311 g/mol. The number of benzene rings is 2. The fraction of sp³-hybridized carbons (Fsp3) is 0.350. The Labute approximate surface area is 137 Å². The molecule has 2 aromatic rings. The predicted octanol–water partition coefficient (Wildman–Crippen LogP) is 5.42. The second kappa shape index (κ2) is 8.33. The summed E-state index contributed by atoms with van der Waals surface area (Å²) in [4.78, 5) is 0. The summed E-state index contributed by atoms with van der Waals surface area (Å²) in [5, 5.41) is 9.25. The van der Waals surface area contributed by atoms with Crippen molar-refractivity contribution in [2.45, 2.75) is 38.5 Å². The van der Waals surface area contributed by atoms with Crippen molar-refractivity contribution in [2.24, 2.45) is 0 Å². The largest absolute Gasteiger partial charge is 0.494 e. The fourth-order valence-electron chi connectivity index (χ4n) is 2.47. The first-order valence-corrected chi connectivity index (χ1v) is 7.98. The fourth-order valence-corrected chi connectivity index (χ4v) is 2.47. The number of nitriles is 1. The molecule has 2 nitrogen and oxygen atoms in total. The molecule has 3 heteroatoms. The minimum absolute atomic E-state index is 0.316. The maximum absolute atomic E-state index is 13.7. The highest BCUT2D eigenvalue weighted by Crippen LogP contribution is 2.24. The number of halogens is 1. The molecule has 1 atom stereocenters. The van der Waals surface area contributed by atoms with Gasteiger partial charge < -0.3 is 4.74 Å². The van der Waals surface area contributed by atoms with E-state index in [0.29, 0.717) is 30.9 Å². The van der Waals surface area contributed by atoms with E-state index in [1.807, 2.05) is 12.1 Å². The topological polar surface area (TPSA) is 33.0 Å². The second-order valence-corrected chi connectivity index (χ2v) is 5.92. The lowest BCUT2D eigenvalue weighted by molar-refractivity contribution is 0.304. The number of ether oxygens (including phenoxy) is 1. The highest BCUT2D eigenvalue weighted by Gasteiger charge is 2.14. The van der Waals surface area contributed by atoms with Gasteiger partial charge in [-0.3, -0.25) is 0 Å². The van der Waals surface area contributed by atoms with Gasteiger partial charge in [-0.25, -0.2) is 4.39 Å². The molecule has 0 aliphatic carbocycles. The number of rotatable bonds is 7. The molecule has 0 aliphatic rings. The van der Waals surface area contributed by atoms with E-state index in [1.54, 1.807) is 18.2 Å². The van der Waals surface area contributed by atoms with Gasteiger partial charge in [-0.15, -0.1) is 0 Å². The van der Waals surface area contributed by atoms with Crippen molar-refractivity contribution in [1.82, 2.24) is 0 Å². The van der Waals surface area contributed by atoms with Crippen LogP contribution in [0.25, 0.3) is 0 Å². The molecule has 0 amide bonds. The molecular weight excluding hydrogens is 289 g/mol. The molecule has 0 radical (unpaired) electrons. The number of hydrogen-bond donors (Lipinski definition) is 0. The third-order valence-electron chi connectivity index (χ3n) is 3.89. The minimum atomic E-state index is -0.428. The van der Waals surface area contributed by atoms with Gasteiger partial charge in [0.1, 0.15) is 11.6 Å². The molecule has 0 spiro atoms. The summed E-state index contributed by atoms with van der Waals surface area (Å²) >= 11 is 0. The van der Waals surface area contributed by atoms with Crippen LogP contribution >= 0.6 is 0 Å².